The van der Waals surface area contributed by atoms with Crippen LogP contribution in [0.4, 0.5) is 9.18 Å². The number of pyridine rings is 1. The lowest BCUT2D eigenvalue weighted by Crippen LogP contribution is -2.57. The maximum atomic E-state index is 13.7. The van der Waals surface area contributed by atoms with Gasteiger partial charge in [-0.15, -0.1) is 0 Å². The third kappa shape index (κ3) is 4.18. The molecular weight excluding hydrogens is 325 g/mol. The van der Waals surface area contributed by atoms with Gasteiger partial charge in [0.2, 0.25) is 0 Å². The molecule has 3 rings (SSSR count). The summed E-state index contributed by atoms with van der Waals surface area (Å²) in [6, 6.07) is 3.08. The molecule has 1 aromatic heterocycles. The Balaban J connectivity index is 1.54. The Labute approximate surface area is 146 Å². The van der Waals surface area contributed by atoms with Gasteiger partial charge in [0, 0.05) is 25.8 Å². The van der Waals surface area contributed by atoms with Gasteiger partial charge in [-0.2, -0.15) is 0 Å². The number of rotatable bonds is 2. The number of halogens is 1. The number of hydrogen-bond donors (Lipinski definition) is 1. The van der Waals surface area contributed by atoms with Crippen LogP contribution in [-0.4, -0.2) is 64.7 Å². The number of amides is 1. The van der Waals surface area contributed by atoms with Crippen LogP contribution in [0.5, 0.6) is 0 Å². The van der Waals surface area contributed by atoms with E-state index in [0.717, 1.165) is 5.96 Å². The Bertz CT molecular complexity index is 673. The van der Waals surface area contributed by atoms with Crippen molar-refractivity contribution in [3.63, 3.8) is 0 Å². The fraction of sp³-hybridized carbons (Fsp3) is 0.588. The fourth-order valence-corrected chi connectivity index (χ4v) is 2.93. The first-order valence-corrected chi connectivity index (χ1v) is 8.46. The van der Waals surface area contributed by atoms with Gasteiger partial charge in [-0.3, -0.25) is 9.98 Å². The standard InChI is InChI=1S/C17H24FN5O2/c1-17(2,3)25-16(24)22-7-8-23-12(11-22)9-20-15(23)21-10-14-13(18)5-4-6-19-14/h4-6,12H,7-11H2,1-3H3,(H,20,21). The molecule has 3 heterocycles. The summed E-state index contributed by atoms with van der Waals surface area (Å²) in [5.41, 5.74) is -0.138. The molecule has 0 radical (unpaired) electrons. The predicted octanol–water partition coefficient (Wildman–Crippen LogP) is 1.60. The Morgan fingerprint density at radius 1 is 1.44 bits per heavy atom. The Morgan fingerprint density at radius 3 is 2.96 bits per heavy atom. The zero-order valence-corrected chi connectivity index (χ0v) is 14.8. The Morgan fingerprint density at radius 2 is 2.24 bits per heavy atom. The van der Waals surface area contributed by atoms with Crippen molar-refractivity contribution in [3.05, 3.63) is 29.8 Å². The normalized spacial score (nSPS) is 20.2. The van der Waals surface area contributed by atoms with Crippen LogP contribution in [0.1, 0.15) is 26.5 Å². The summed E-state index contributed by atoms with van der Waals surface area (Å²) in [5.74, 6) is 0.402. The fourth-order valence-electron chi connectivity index (χ4n) is 2.93. The second kappa shape index (κ2) is 6.85. The van der Waals surface area contributed by atoms with Gasteiger partial charge in [-0.1, -0.05) is 0 Å². The number of aromatic nitrogens is 1. The number of carbonyl (C=O) groups excluding carboxylic acids is 1. The van der Waals surface area contributed by atoms with Crippen molar-refractivity contribution in [2.45, 2.75) is 39.0 Å². The van der Waals surface area contributed by atoms with Crippen LogP contribution in [0.25, 0.3) is 0 Å². The number of fused-ring (bicyclic) bond motifs is 1. The van der Waals surface area contributed by atoms with Crippen molar-refractivity contribution in [2.75, 3.05) is 26.2 Å². The summed E-state index contributed by atoms with van der Waals surface area (Å²) in [6.45, 7) is 8.28. The molecule has 1 atom stereocenters. The van der Waals surface area contributed by atoms with Gasteiger partial charge >= 0.3 is 6.09 Å². The van der Waals surface area contributed by atoms with Crippen molar-refractivity contribution >= 4 is 12.1 Å². The van der Waals surface area contributed by atoms with Crippen LogP contribution in [0, 0.1) is 5.82 Å². The minimum Gasteiger partial charge on any atom is -0.444 e. The van der Waals surface area contributed by atoms with E-state index >= 15 is 0 Å². The van der Waals surface area contributed by atoms with E-state index in [0.29, 0.717) is 31.9 Å². The summed E-state index contributed by atoms with van der Waals surface area (Å²) in [4.78, 5) is 24.6. The molecule has 0 saturated carbocycles. The minimum atomic E-state index is -0.500. The topological polar surface area (TPSA) is 70.1 Å². The molecule has 7 nitrogen and oxygen atoms in total. The highest BCUT2D eigenvalue weighted by Gasteiger charge is 2.36. The SMILES string of the molecule is CC(C)(C)OC(=O)N1CCN2C(NCc3ncccc3F)=NCC2C1. The van der Waals surface area contributed by atoms with Crippen LogP contribution in [-0.2, 0) is 11.3 Å². The highest BCUT2D eigenvalue weighted by molar-refractivity contribution is 5.82. The van der Waals surface area contributed by atoms with Crippen LogP contribution in [0.3, 0.4) is 0 Å². The molecule has 1 fully saturated rings. The molecular formula is C17H24FN5O2. The summed E-state index contributed by atoms with van der Waals surface area (Å²) >= 11 is 0. The van der Waals surface area contributed by atoms with Crippen molar-refractivity contribution in [1.29, 1.82) is 0 Å². The maximum Gasteiger partial charge on any atom is 0.410 e. The predicted molar refractivity (Wildman–Crippen MR) is 91.6 cm³/mol. The number of piperazine rings is 1. The van der Waals surface area contributed by atoms with Gasteiger partial charge in [-0.05, 0) is 32.9 Å². The number of ether oxygens (including phenoxy) is 1. The molecule has 136 valence electrons. The molecule has 0 bridgehead atoms. The van der Waals surface area contributed by atoms with Gasteiger partial charge in [0.05, 0.1) is 24.8 Å². The van der Waals surface area contributed by atoms with E-state index in [1.165, 1.54) is 6.07 Å². The highest BCUT2D eigenvalue weighted by atomic mass is 19.1. The summed E-state index contributed by atoms with van der Waals surface area (Å²) in [5, 5.41) is 3.16. The number of carbonyl (C=O) groups is 1. The molecule has 0 aromatic carbocycles. The van der Waals surface area contributed by atoms with Crippen molar-refractivity contribution in [2.24, 2.45) is 4.99 Å². The summed E-state index contributed by atoms with van der Waals surface area (Å²) < 4.78 is 19.1. The molecule has 25 heavy (non-hydrogen) atoms. The first kappa shape index (κ1) is 17.4. The van der Waals surface area contributed by atoms with Crippen LogP contribution < -0.4 is 5.32 Å². The minimum absolute atomic E-state index is 0.123. The Hall–Kier alpha value is -2.38. The summed E-state index contributed by atoms with van der Waals surface area (Å²) in [6.07, 6.45) is 1.28. The zero-order valence-electron chi connectivity index (χ0n) is 14.8. The molecule has 1 unspecified atom stereocenters. The zero-order chi connectivity index (χ0) is 18.0. The smallest absolute Gasteiger partial charge is 0.410 e. The molecule has 8 heteroatoms. The third-order valence-corrected chi connectivity index (χ3v) is 4.11. The number of aliphatic imine (C=N–C) groups is 1. The summed E-state index contributed by atoms with van der Waals surface area (Å²) in [7, 11) is 0. The van der Waals surface area contributed by atoms with E-state index in [9.17, 15) is 9.18 Å². The van der Waals surface area contributed by atoms with E-state index in [4.69, 9.17) is 4.74 Å². The van der Waals surface area contributed by atoms with Crippen molar-refractivity contribution in [1.82, 2.24) is 20.1 Å². The number of guanidine groups is 1. The second-order valence-electron chi connectivity index (χ2n) is 7.22. The van der Waals surface area contributed by atoms with Crippen molar-refractivity contribution in [3.8, 4) is 0 Å². The monoisotopic (exact) mass is 349 g/mol. The maximum absolute atomic E-state index is 13.7. The van der Waals surface area contributed by atoms with E-state index < -0.39 is 5.60 Å². The largest absolute Gasteiger partial charge is 0.444 e. The molecule has 1 amide bonds. The van der Waals surface area contributed by atoms with Crippen molar-refractivity contribution < 1.29 is 13.9 Å². The quantitative estimate of drug-likeness (QED) is 0.878. The lowest BCUT2D eigenvalue weighted by Gasteiger charge is -2.39. The van der Waals surface area contributed by atoms with Crippen LogP contribution >= 0.6 is 0 Å². The molecule has 2 aliphatic heterocycles. The molecule has 2 aliphatic rings. The van der Waals surface area contributed by atoms with Gasteiger partial charge in [0.25, 0.3) is 0 Å². The lowest BCUT2D eigenvalue weighted by atomic mass is 10.2. The first-order valence-electron chi connectivity index (χ1n) is 8.46. The molecule has 1 saturated heterocycles. The Kier molecular flexibility index (Phi) is 4.78. The lowest BCUT2D eigenvalue weighted by molar-refractivity contribution is 0.0137. The van der Waals surface area contributed by atoms with Gasteiger partial charge in [0.1, 0.15) is 11.4 Å². The van der Waals surface area contributed by atoms with Gasteiger partial charge in [0.15, 0.2) is 5.96 Å². The molecule has 1 N–H and O–H groups in total. The number of nitrogens with zero attached hydrogens (tertiary/aromatic N) is 4. The van der Waals surface area contributed by atoms with Crippen LogP contribution in [0.2, 0.25) is 0 Å². The second-order valence-corrected chi connectivity index (χ2v) is 7.22. The van der Waals surface area contributed by atoms with Gasteiger partial charge < -0.3 is 19.9 Å². The van der Waals surface area contributed by atoms with E-state index in [1.54, 1.807) is 17.2 Å². The highest BCUT2D eigenvalue weighted by Crippen LogP contribution is 2.18. The van der Waals surface area contributed by atoms with Crippen LogP contribution in [0.15, 0.2) is 23.3 Å². The van der Waals surface area contributed by atoms with E-state index in [1.807, 2.05) is 20.8 Å². The average Bonchev–Trinajstić information content (AvgIpc) is 2.95. The number of nitrogens with one attached hydrogen (secondary N) is 1. The first-order chi connectivity index (χ1) is 11.8. The number of hydrogen-bond acceptors (Lipinski definition) is 6. The molecule has 0 spiro atoms. The average molecular weight is 349 g/mol. The third-order valence-electron chi connectivity index (χ3n) is 4.11. The molecule has 0 aliphatic carbocycles. The van der Waals surface area contributed by atoms with Gasteiger partial charge in [-0.25, -0.2) is 9.18 Å². The van der Waals surface area contributed by atoms with E-state index in [2.05, 4.69) is 20.2 Å². The van der Waals surface area contributed by atoms with E-state index in [-0.39, 0.29) is 24.5 Å². The molecule has 1 aromatic rings.